The van der Waals surface area contributed by atoms with E-state index in [4.69, 9.17) is 0 Å². The zero-order valence-corrected chi connectivity index (χ0v) is 11.0. The van der Waals surface area contributed by atoms with Crippen LogP contribution in [0.15, 0.2) is 30.5 Å². The zero-order valence-electron chi connectivity index (χ0n) is 11.0. The molecule has 0 fully saturated rings. The van der Waals surface area contributed by atoms with Gasteiger partial charge in [0, 0.05) is 11.6 Å². The van der Waals surface area contributed by atoms with Gasteiger partial charge in [0.2, 0.25) is 7.31 Å². The number of aromatic amines is 1. The average Bonchev–Trinajstić information content (AvgIpc) is 3.11. The van der Waals surface area contributed by atoms with Gasteiger partial charge in [0.25, 0.3) is 5.91 Å². The highest BCUT2D eigenvalue weighted by Crippen LogP contribution is 2.14. The first-order chi connectivity index (χ1) is 9.78. The van der Waals surface area contributed by atoms with E-state index in [2.05, 4.69) is 25.8 Å². The predicted molar refractivity (Wildman–Crippen MR) is 78.4 cm³/mol. The molecule has 1 aromatic carbocycles. The summed E-state index contributed by atoms with van der Waals surface area (Å²) >= 11 is 0. The SMILES string of the molecule is BBn1cc(CNC(=O)c2n[nH]c3ccccc23)nn1. The van der Waals surface area contributed by atoms with Gasteiger partial charge in [-0.15, -0.1) is 5.10 Å². The van der Waals surface area contributed by atoms with Crippen LogP contribution in [-0.2, 0) is 6.54 Å². The van der Waals surface area contributed by atoms with E-state index in [1.165, 1.54) is 0 Å². The molecule has 3 aromatic rings. The normalized spacial score (nSPS) is 10.6. The van der Waals surface area contributed by atoms with E-state index in [0.717, 1.165) is 23.9 Å². The Bertz CT molecular complexity index is 752. The summed E-state index contributed by atoms with van der Waals surface area (Å²) < 4.78 is 1.71. The lowest BCUT2D eigenvalue weighted by molar-refractivity contribution is 0.0947. The van der Waals surface area contributed by atoms with Crippen LogP contribution in [0.1, 0.15) is 16.2 Å². The Morgan fingerprint density at radius 1 is 1.45 bits per heavy atom. The van der Waals surface area contributed by atoms with Crippen LogP contribution in [0.25, 0.3) is 10.9 Å². The third kappa shape index (κ3) is 2.29. The van der Waals surface area contributed by atoms with E-state index in [9.17, 15) is 4.79 Å². The average molecular weight is 266 g/mol. The topological polar surface area (TPSA) is 88.5 Å². The second-order valence-corrected chi connectivity index (χ2v) is 4.37. The molecular weight excluding hydrogens is 254 g/mol. The number of H-pyrrole nitrogens is 1. The van der Waals surface area contributed by atoms with Gasteiger partial charge in [-0.05, 0) is 6.07 Å². The Morgan fingerprint density at radius 3 is 3.10 bits per heavy atom. The molecule has 2 heterocycles. The maximum atomic E-state index is 12.1. The van der Waals surface area contributed by atoms with Crippen LogP contribution in [0.4, 0.5) is 0 Å². The van der Waals surface area contributed by atoms with Crippen molar-refractivity contribution < 1.29 is 4.79 Å². The van der Waals surface area contributed by atoms with E-state index >= 15 is 0 Å². The summed E-state index contributed by atoms with van der Waals surface area (Å²) in [5, 5.41) is 18.4. The molecule has 0 spiro atoms. The minimum atomic E-state index is -0.228. The molecule has 98 valence electrons. The number of amides is 1. The van der Waals surface area contributed by atoms with Gasteiger partial charge in [-0.2, -0.15) is 5.10 Å². The van der Waals surface area contributed by atoms with Crippen molar-refractivity contribution in [1.29, 1.82) is 0 Å². The summed E-state index contributed by atoms with van der Waals surface area (Å²) in [6.45, 7) is 0.333. The fourth-order valence-corrected chi connectivity index (χ4v) is 1.97. The number of aromatic nitrogens is 5. The van der Waals surface area contributed by atoms with Gasteiger partial charge in [-0.1, -0.05) is 23.4 Å². The highest BCUT2D eigenvalue weighted by molar-refractivity contribution is 6.88. The standard InChI is InChI=1S/C11H12B2N6O/c12-13-19-6-7(15-18-19)5-14-11(20)10-8-3-1-2-4-9(8)16-17-10/h1-4,6,13H,5,12H2,(H,14,20)(H,16,17). The lowest BCUT2D eigenvalue weighted by atomic mass is 9.67. The van der Waals surface area contributed by atoms with Crippen LogP contribution >= 0.6 is 0 Å². The van der Waals surface area contributed by atoms with Gasteiger partial charge in [-0.25, -0.2) is 0 Å². The van der Waals surface area contributed by atoms with Crippen molar-refractivity contribution >= 4 is 31.9 Å². The number of fused-ring (bicyclic) bond motifs is 1. The van der Waals surface area contributed by atoms with Crippen LogP contribution < -0.4 is 5.32 Å². The number of hydrogen-bond acceptors (Lipinski definition) is 4. The van der Waals surface area contributed by atoms with Crippen molar-refractivity contribution in [2.24, 2.45) is 0 Å². The molecule has 0 saturated heterocycles. The van der Waals surface area contributed by atoms with E-state index in [-0.39, 0.29) is 5.91 Å². The molecule has 9 heteroatoms. The van der Waals surface area contributed by atoms with Crippen LogP contribution in [0.5, 0.6) is 0 Å². The summed E-state index contributed by atoms with van der Waals surface area (Å²) in [6.07, 6.45) is 1.81. The number of benzene rings is 1. The predicted octanol–water partition coefficient (Wildman–Crippen LogP) is -1.17. The van der Waals surface area contributed by atoms with E-state index in [1.54, 1.807) is 4.59 Å². The van der Waals surface area contributed by atoms with E-state index < -0.39 is 0 Å². The van der Waals surface area contributed by atoms with Gasteiger partial charge in [0.05, 0.1) is 19.8 Å². The summed E-state index contributed by atoms with van der Waals surface area (Å²) in [7, 11) is 2.73. The number of nitrogens with zero attached hydrogens (tertiary/aromatic N) is 4. The minimum absolute atomic E-state index is 0.228. The van der Waals surface area contributed by atoms with Crippen molar-refractivity contribution in [1.82, 2.24) is 30.4 Å². The Hall–Kier alpha value is -2.57. The third-order valence-corrected chi connectivity index (χ3v) is 3.03. The molecule has 0 atom stereocenters. The van der Waals surface area contributed by atoms with Gasteiger partial charge < -0.3 is 9.91 Å². The smallest absolute Gasteiger partial charge is 0.272 e. The van der Waals surface area contributed by atoms with Crippen LogP contribution in [0.3, 0.4) is 0 Å². The molecule has 0 aliphatic heterocycles. The number of hydrogen-bond donors (Lipinski definition) is 2. The Labute approximate surface area is 116 Å². The second kappa shape index (κ2) is 5.20. The van der Waals surface area contributed by atoms with Crippen LogP contribution in [-0.4, -0.2) is 46.1 Å². The molecule has 0 aliphatic rings. The Kier molecular flexibility index (Phi) is 3.24. The van der Waals surface area contributed by atoms with Crippen LogP contribution in [0, 0.1) is 0 Å². The first-order valence-electron chi connectivity index (χ1n) is 6.38. The van der Waals surface area contributed by atoms with Gasteiger partial charge in [0.1, 0.15) is 5.69 Å². The van der Waals surface area contributed by atoms with E-state index in [1.807, 2.05) is 38.2 Å². The van der Waals surface area contributed by atoms with Gasteiger partial charge in [-0.3, -0.25) is 9.89 Å². The number of para-hydroxylation sites is 1. The number of nitrogens with one attached hydrogen (secondary N) is 2. The fraction of sp³-hybridized carbons (Fsp3) is 0.0909. The summed E-state index contributed by atoms with van der Waals surface area (Å²) in [5.41, 5.74) is 1.96. The van der Waals surface area contributed by atoms with Crippen molar-refractivity contribution in [2.45, 2.75) is 6.54 Å². The molecule has 7 nitrogen and oxygen atoms in total. The largest absolute Gasteiger partial charge is 0.345 e. The summed E-state index contributed by atoms with van der Waals surface area (Å²) in [4.78, 5) is 12.1. The number of rotatable bonds is 4. The van der Waals surface area contributed by atoms with Gasteiger partial charge in [0.15, 0.2) is 5.69 Å². The summed E-state index contributed by atoms with van der Waals surface area (Å²) in [6, 6.07) is 7.51. The first kappa shape index (κ1) is 12.5. The molecule has 0 bridgehead atoms. The maximum Gasteiger partial charge on any atom is 0.272 e. The molecule has 2 N–H and O–H groups in total. The zero-order chi connectivity index (χ0) is 13.9. The molecule has 2 aromatic heterocycles. The molecule has 3 rings (SSSR count). The maximum absolute atomic E-state index is 12.1. The Morgan fingerprint density at radius 2 is 2.30 bits per heavy atom. The van der Waals surface area contributed by atoms with Crippen LogP contribution in [0.2, 0.25) is 0 Å². The first-order valence-corrected chi connectivity index (χ1v) is 6.38. The molecule has 20 heavy (non-hydrogen) atoms. The lowest BCUT2D eigenvalue weighted by Crippen LogP contribution is -2.23. The minimum Gasteiger partial charge on any atom is -0.345 e. The van der Waals surface area contributed by atoms with Crippen molar-refractivity contribution in [3.8, 4) is 0 Å². The van der Waals surface area contributed by atoms with E-state index in [0.29, 0.717) is 12.2 Å². The monoisotopic (exact) mass is 266 g/mol. The highest BCUT2D eigenvalue weighted by Gasteiger charge is 2.13. The molecule has 0 unspecified atom stereocenters. The Balaban J connectivity index is 1.73. The lowest BCUT2D eigenvalue weighted by Gasteiger charge is -2.00. The molecule has 1 amide bonds. The van der Waals surface area contributed by atoms with Crippen molar-refractivity contribution in [3.63, 3.8) is 0 Å². The van der Waals surface area contributed by atoms with Gasteiger partial charge >= 0.3 is 0 Å². The fourth-order valence-electron chi connectivity index (χ4n) is 1.97. The second-order valence-electron chi connectivity index (χ2n) is 4.37. The molecule has 0 radical (unpaired) electrons. The summed E-state index contributed by atoms with van der Waals surface area (Å²) in [5.74, 6) is -0.228. The molecule has 0 aliphatic carbocycles. The third-order valence-electron chi connectivity index (χ3n) is 3.03. The molecule has 0 saturated carbocycles. The van der Waals surface area contributed by atoms with Crippen molar-refractivity contribution in [2.75, 3.05) is 0 Å². The number of carbonyl (C=O) groups excluding carboxylic acids is 1. The molecular formula is C11H12B2N6O. The number of carbonyl (C=O) groups is 1. The highest BCUT2D eigenvalue weighted by atomic mass is 16.1. The van der Waals surface area contributed by atoms with Crippen molar-refractivity contribution in [3.05, 3.63) is 41.9 Å². The quantitative estimate of drug-likeness (QED) is 0.582.